The molecule has 0 atom stereocenters. The van der Waals surface area contributed by atoms with Crippen LogP contribution in [0.15, 0.2) is 12.1 Å². The quantitative estimate of drug-likeness (QED) is 0.252. The van der Waals surface area contributed by atoms with Crippen molar-refractivity contribution >= 4 is 64.6 Å². The zero-order chi connectivity index (χ0) is 26.4. The Balaban J connectivity index is 3.72. The van der Waals surface area contributed by atoms with E-state index in [4.69, 9.17) is 17.2 Å². The lowest BCUT2D eigenvalue weighted by Gasteiger charge is -2.22. The van der Waals surface area contributed by atoms with Crippen molar-refractivity contribution in [2.24, 2.45) is 0 Å². The highest BCUT2D eigenvalue weighted by molar-refractivity contribution is 7.95. The van der Waals surface area contributed by atoms with Gasteiger partial charge in [0.2, 0.25) is 16.6 Å². The number of rotatable bonds is 10. The molecule has 8 nitrogen and oxygen atoms in total. The highest BCUT2D eigenvalue weighted by Gasteiger charge is 2.32. The summed E-state index contributed by atoms with van der Waals surface area (Å²) in [5.41, 5.74) is -0.732. The molecule has 34 heavy (non-hydrogen) atoms. The molecule has 0 spiro atoms. The lowest BCUT2D eigenvalue weighted by atomic mass is 9.98. The molecule has 0 unspecified atom stereocenters. The molecule has 1 rings (SSSR count). The average Bonchev–Trinajstić information content (AvgIpc) is 2.66. The van der Waals surface area contributed by atoms with Crippen LogP contribution in [0, 0.1) is 0 Å². The molecule has 0 aliphatic carbocycles. The van der Waals surface area contributed by atoms with Crippen LogP contribution in [0.25, 0.3) is 0 Å². The minimum absolute atomic E-state index is 0.0295. The molecule has 0 N–H and O–H groups in total. The normalized spacial score (nSPS) is 11.9. The first-order valence-electron chi connectivity index (χ1n) is 10.8. The summed E-state index contributed by atoms with van der Waals surface area (Å²) in [5.74, 6) is -3.23. The van der Waals surface area contributed by atoms with Crippen molar-refractivity contribution in [1.82, 2.24) is 0 Å². The number of hydrogen-bond acceptors (Lipinski definition) is 10. The maximum absolute atomic E-state index is 13.0. The lowest BCUT2D eigenvalue weighted by molar-refractivity contribution is 0.0676. The highest BCUT2D eigenvalue weighted by atomic mass is 32.2. The van der Waals surface area contributed by atoms with Gasteiger partial charge in [-0.25, -0.2) is 19.2 Å². The van der Waals surface area contributed by atoms with Gasteiger partial charge in [-0.2, -0.15) is 0 Å². The van der Waals surface area contributed by atoms with Crippen molar-refractivity contribution in [3.8, 4) is 0 Å². The van der Waals surface area contributed by atoms with Crippen LogP contribution < -0.4 is 0 Å². The highest BCUT2D eigenvalue weighted by Crippen LogP contribution is 2.27. The first-order chi connectivity index (χ1) is 15.4. The fraction of sp³-hybridized carbons (Fsp3) is 0.545. The van der Waals surface area contributed by atoms with E-state index < -0.39 is 40.5 Å². The Labute approximate surface area is 212 Å². The van der Waals surface area contributed by atoms with Gasteiger partial charge in [-0.3, -0.25) is 0 Å². The van der Waals surface area contributed by atoms with E-state index >= 15 is 0 Å². The molecule has 190 valence electrons. The van der Waals surface area contributed by atoms with Gasteiger partial charge in [0.15, 0.2) is 0 Å². The van der Waals surface area contributed by atoms with Crippen molar-refractivity contribution in [1.29, 1.82) is 0 Å². The van der Waals surface area contributed by atoms with Crippen molar-refractivity contribution in [3.63, 3.8) is 0 Å². The molecule has 1 aromatic carbocycles. The molecule has 0 saturated carbocycles. The van der Waals surface area contributed by atoms with E-state index in [1.807, 2.05) is 67.0 Å². The Morgan fingerprint density at radius 1 is 0.588 bits per heavy atom. The summed E-state index contributed by atoms with van der Waals surface area (Å²) in [7, 11) is -4.70. The Morgan fingerprint density at radius 3 is 1.09 bits per heavy atom. The summed E-state index contributed by atoms with van der Waals surface area (Å²) < 4.78 is 21.6. The van der Waals surface area contributed by atoms with Crippen LogP contribution in [-0.2, 0) is 17.2 Å². The Bertz CT molecular complexity index is 859. The topological polar surface area (TPSA) is 105 Å². The molecular weight excluding hydrogens is 513 g/mol. The molecule has 0 aliphatic rings. The number of carbonyl (C=O) groups excluding carboxylic acids is 4. The minimum Gasteiger partial charge on any atom is -0.516 e. The van der Waals surface area contributed by atoms with Crippen LogP contribution in [0.3, 0.4) is 0 Å². The molecule has 0 fully saturated rings. The summed E-state index contributed by atoms with van der Waals surface area (Å²) in [5, 5.41) is -0.0589. The first-order valence-corrected chi connectivity index (χ1v) is 19.2. The van der Waals surface area contributed by atoms with Gasteiger partial charge in [0.05, 0.1) is 46.3 Å². The summed E-state index contributed by atoms with van der Waals surface area (Å²) in [4.78, 5) is 51.8. The molecule has 0 saturated heterocycles. The van der Waals surface area contributed by atoms with E-state index in [1.54, 1.807) is 0 Å². The van der Waals surface area contributed by atoms with Crippen molar-refractivity contribution in [3.05, 3.63) is 34.4 Å². The second kappa shape index (κ2) is 12.3. The lowest BCUT2D eigenvalue weighted by Crippen LogP contribution is -2.33. The monoisotopic (exact) mass is 546 g/mol. The molecule has 0 aliphatic heterocycles. The molecule has 0 aromatic heterocycles. The van der Waals surface area contributed by atoms with Gasteiger partial charge in [-0.05, 0) is 51.4 Å². The smallest absolute Gasteiger partial charge is 0.351 e. The van der Waals surface area contributed by atoms with Gasteiger partial charge < -0.3 is 17.2 Å². The van der Waals surface area contributed by atoms with Crippen LogP contribution >= 0.6 is 24.1 Å². The van der Waals surface area contributed by atoms with Crippen LogP contribution in [0.4, 0.5) is 0 Å². The molecular formula is C22H34O8S2Si2. The van der Waals surface area contributed by atoms with Crippen molar-refractivity contribution in [2.45, 2.75) is 77.5 Å². The number of benzene rings is 1. The fourth-order valence-electron chi connectivity index (χ4n) is 2.31. The van der Waals surface area contributed by atoms with E-state index in [2.05, 4.69) is 0 Å². The molecule has 12 heteroatoms. The second-order valence-corrected chi connectivity index (χ2v) is 21.4. The van der Waals surface area contributed by atoms with Crippen LogP contribution in [-0.4, -0.2) is 51.0 Å². The van der Waals surface area contributed by atoms with E-state index in [0.717, 1.165) is 36.2 Å². The summed E-state index contributed by atoms with van der Waals surface area (Å²) in [6.07, 6.45) is 0. The zero-order valence-electron chi connectivity index (χ0n) is 21.4. The van der Waals surface area contributed by atoms with E-state index in [9.17, 15) is 19.2 Å². The maximum Gasteiger partial charge on any atom is 0.351 e. The summed E-state index contributed by atoms with van der Waals surface area (Å²) in [6.45, 7) is 18.2. The van der Waals surface area contributed by atoms with Crippen LogP contribution in [0.1, 0.15) is 69.1 Å². The van der Waals surface area contributed by atoms with Gasteiger partial charge in [-0.15, -0.1) is 0 Å². The molecule has 0 heterocycles. The Morgan fingerprint density at radius 2 is 0.853 bits per heavy atom. The third-order valence-electron chi connectivity index (χ3n) is 3.47. The van der Waals surface area contributed by atoms with Gasteiger partial charge in [0.25, 0.3) is 0 Å². The van der Waals surface area contributed by atoms with Gasteiger partial charge >= 0.3 is 23.9 Å². The van der Waals surface area contributed by atoms with Crippen LogP contribution in [0.2, 0.25) is 39.3 Å². The molecule has 0 amide bonds. The van der Waals surface area contributed by atoms with Crippen LogP contribution in [0.5, 0.6) is 0 Å². The molecule has 1 aromatic rings. The first kappa shape index (κ1) is 30.3. The molecule has 0 bridgehead atoms. The SMILES string of the molecule is CC(C)SOC(=O)c1cc(C(=O)O[Si](C)(C)C)c(C(=O)O[Si](C)(C)C)cc1C(=O)OSC(C)C. The fourth-order valence-corrected chi connectivity index (χ4v) is 4.38. The predicted octanol–water partition coefficient (Wildman–Crippen LogP) is 6.10. The minimum atomic E-state index is -2.35. The average molecular weight is 547 g/mol. The second-order valence-electron chi connectivity index (χ2n) is 9.98. The van der Waals surface area contributed by atoms with E-state index in [0.29, 0.717) is 0 Å². The molecule has 0 radical (unpaired) electrons. The zero-order valence-corrected chi connectivity index (χ0v) is 25.0. The van der Waals surface area contributed by atoms with Gasteiger partial charge in [0, 0.05) is 10.5 Å². The standard InChI is InChI=1S/C22H34O8S2Si2/c1-13(2)31-27-19(23)15-11-17(21(25)29-33(5,6)7)18(22(26)30-34(8,9)10)12-16(15)20(24)28-32-14(3)4/h11-14H,1-10H3. The number of hydrogen-bond donors (Lipinski definition) is 0. The van der Waals surface area contributed by atoms with Crippen molar-refractivity contribution < 1.29 is 36.4 Å². The Kier molecular flexibility index (Phi) is 10.9. The van der Waals surface area contributed by atoms with E-state index in [-0.39, 0.29) is 32.8 Å². The summed E-state index contributed by atoms with van der Waals surface area (Å²) >= 11 is 1.83. The third kappa shape index (κ3) is 10.2. The van der Waals surface area contributed by atoms with Gasteiger partial charge in [-0.1, -0.05) is 27.7 Å². The predicted molar refractivity (Wildman–Crippen MR) is 140 cm³/mol. The Hall–Kier alpha value is -1.77. The van der Waals surface area contributed by atoms with Gasteiger partial charge in [0.1, 0.15) is 0 Å². The summed E-state index contributed by atoms with van der Waals surface area (Å²) in [6, 6.07) is 2.31. The third-order valence-corrected chi connectivity index (χ3v) is 6.33. The maximum atomic E-state index is 13.0. The number of carbonyl (C=O) groups is 4. The van der Waals surface area contributed by atoms with Crippen molar-refractivity contribution in [2.75, 3.05) is 0 Å². The largest absolute Gasteiger partial charge is 0.516 e. The van der Waals surface area contributed by atoms with E-state index in [1.165, 1.54) is 0 Å².